The largest absolute Gasteiger partial charge is 0.373 e. The molecule has 1 aromatic carbocycles. The van der Waals surface area contributed by atoms with Crippen molar-refractivity contribution in [2.45, 2.75) is 58.8 Å². The van der Waals surface area contributed by atoms with Gasteiger partial charge in [-0.2, -0.15) is 0 Å². The molecular formula is C17H26FNO. The van der Waals surface area contributed by atoms with E-state index in [-0.39, 0.29) is 35.9 Å². The number of hydrogen-bond acceptors (Lipinski definition) is 2. The highest BCUT2D eigenvalue weighted by molar-refractivity contribution is 5.29. The summed E-state index contributed by atoms with van der Waals surface area (Å²) in [6.07, 6.45) is 0.132. The fourth-order valence-electron chi connectivity index (χ4n) is 2.65. The number of benzene rings is 1. The third-order valence-electron chi connectivity index (χ3n) is 3.45. The van der Waals surface area contributed by atoms with Crippen LogP contribution < -0.4 is 0 Å². The Morgan fingerprint density at radius 2 is 1.90 bits per heavy atom. The summed E-state index contributed by atoms with van der Waals surface area (Å²) in [5, 5.41) is 0. The van der Waals surface area contributed by atoms with Crippen LogP contribution in [-0.4, -0.2) is 30.2 Å². The van der Waals surface area contributed by atoms with Gasteiger partial charge in [0.2, 0.25) is 0 Å². The number of rotatable bonds is 2. The molecular weight excluding hydrogens is 253 g/mol. The fraction of sp³-hybridized carbons (Fsp3) is 0.647. The van der Waals surface area contributed by atoms with E-state index in [0.29, 0.717) is 25.2 Å². The predicted octanol–water partition coefficient (Wildman–Crippen LogP) is 3.73. The molecule has 0 N–H and O–H groups in total. The number of nitrogens with zero attached hydrogens (tertiary/aromatic N) is 1. The van der Waals surface area contributed by atoms with Gasteiger partial charge in [-0.05, 0) is 36.4 Å². The topological polar surface area (TPSA) is 12.5 Å². The zero-order valence-corrected chi connectivity index (χ0v) is 13.0. The maximum Gasteiger partial charge on any atom is 0.127 e. The van der Waals surface area contributed by atoms with Gasteiger partial charge in [-0.25, -0.2) is 4.39 Å². The molecule has 0 bridgehead atoms. The van der Waals surface area contributed by atoms with Crippen molar-refractivity contribution >= 4 is 0 Å². The molecule has 2 atom stereocenters. The van der Waals surface area contributed by atoms with Crippen molar-refractivity contribution in [1.82, 2.24) is 4.90 Å². The molecule has 112 valence electrons. The van der Waals surface area contributed by atoms with Gasteiger partial charge >= 0.3 is 0 Å². The second kappa shape index (κ2) is 5.82. The summed E-state index contributed by atoms with van der Waals surface area (Å²) < 4.78 is 44.9. The van der Waals surface area contributed by atoms with Crippen molar-refractivity contribution in [3.05, 3.63) is 35.1 Å². The molecule has 0 radical (unpaired) electrons. The second-order valence-electron chi connectivity index (χ2n) is 6.74. The van der Waals surface area contributed by atoms with Crippen LogP contribution in [0.2, 0.25) is 0 Å². The highest BCUT2D eigenvalue weighted by atomic mass is 19.1. The molecule has 1 heterocycles. The molecule has 2 unspecified atom stereocenters. The molecule has 1 aliphatic rings. The lowest BCUT2D eigenvalue weighted by molar-refractivity contribution is -0.0705. The van der Waals surface area contributed by atoms with Gasteiger partial charge in [-0.3, -0.25) is 4.90 Å². The number of hydrogen-bond donors (Lipinski definition) is 0. The van der Waals surface area contributed by atoms with Crippen molar-refractivity contribution in [3.63, 3.8) is 0 Å². The Morgan fingerprint density at radius 1 is 1.30 bits per heavy atom. The Hall–Kier alpha value is -0.930. The first-order chi connectivity index (χ1) is 10.5. The lowest BCUT2D eigenvalue weighted by Crippen LogP contribution is -2.44. The zero-order valence-electron chi connectivity index (χ0n) is 16.0. The van der Waals surface area contributed by atoms with E-state index in [2.05, 4.69) is 4.90 Å². The summed E-state index contributed by atoms with van der Waals surface area (Å²) in [6.45, 7) is 11.0. The van der Waals surface area contributed by atoms with E-state index in [4.69, 9.17) is 8.85 Å². The number of ether oxygens (including phenoxy) is 1. The van der Waals surface area contributed by atoms with E-state index in [0.717, 1.165) is 0 Å². The van der Waals surface area contributed by atoms with Crippen LogP contribution in [-0.2, 0) is 16.7 Å². The van der Waals surface area contributed by atoms with Crippen LogP contribution in [0.25, 0.3) is 0 Å². The Balaban J connectivity index is 2.41. The van der Waals surface area contributed by atoms with E-state index in [1.54, 1.807) is 20.8 Å². The Labute approximate surface area is 126 Å². The third-order valence-corrected chi connectivity index (χ3v) is 3.45. The molecule has 1 aromatic rings. The van der Waals surface area contributed by atoms with Crippen molar-refractivity contribution in [1.29, 1.82) is 0 Å². The summed E-state index contributed by atoms with van der Waals surface area (Å²) in [7, 11) is 0. The molecule has 3 heteroatoms. The van der Waals surface area contributed by atoms with Crippen LogP contribution in [0.1, 0.15) is 49.9 Å². The maximum absolute atomic E-state index is 14.7. The van der Waals surface area contributed by atoms with E-state index >= 15 is 0 Å². The highest BCUT2D eigenvalue weighted by Gasteiger charge is 2.23. The normalized spacial score (nSPS) is 27.0. The molecule has 0 amide bonds. The molecule has 0 saturated carbocycles. The Kier molecular flexibility index (Phi) is 3.41. The summed E-state index contributed by atoms with van der Waals surface area (Å²) >= 11 is 0. The van der Waals surface area contributed by atoms with Crippen molar-refractivity contribution < 1.29 is 13.2 Å². The van der Waals surface area contributed by atoms with E-state index in [1.165, 1.54) is 0 Å². The van der Waals surface area contributed by atoms with E-state index < -0.39 is 11.2 Å². The average molecular weight is 282 g/mol. The molecule has 0 spiro atoms. The van der Waals surface area contributed by atoms with E-state index in [9.17, 15) is 4.39 Å². The third kappa shape index (κ3) is 3.80. The molecule has 0 aliphatic carbocycles. The van der Waals surface area contributed by atoms with Gasteiger partial charge in [0.05, 0.1) is 16.3 Å². The van der Waals surface area contributed by atoms with Crippen LogP contribution in [0.4, 0.5) is 4.39 Å². The summed E-state index contributed by atoms with van der Waals surface area (Å²) in [5.74, 6) is -0.664. The van der Waals surface area contributed by atoms with Crippen LogP contribution >= 0.6 is 0 Å². The smallest absolute Gasteiger partial charge is 0.127 e. The zero-order chi connectivity index (χ0) is 17.5. The van der Waals surface area contributed by atoms with Gasteiger partial charge in [-0.15, -0.1) is 0 Å². The van der Waals surface area contributed by atoms with Crippen LogP contribution in [0.5, 0.6) is 0 Å². The molecule has 2 rings (SSSR count). The van der Waals surface area contributed by atoms with Gasteiger partial charge in [-0.1, -0.05) is 32.9 Å². The minimum absolute atomic E-state index is 0.0341. The summed E-state index contributed by atoms with van der Waals surface area (Å²) in [6, 6.07) is -0.383. The summed E-state index contributed by atoms with van der Waals surface area (Å²) in [4.78, 5) is 2.07. The maximum atomic E-state index is 14.7. The van der Waals surface area contributed by atoms with Crippen LogP contribution in [0, 0.1) is 5.82 Å². The highest BCUT2D eigenvalue weighted by Crippen LogP contribution is 2.26. The number of morpholine rings is 1. The first-order valence-corrected chi connectivity index (χ1v) is 7.18. The fourth-order valence-corrected chi connectivity index (χ4v) is 2.65. The van der Waals surface area contributed by atoms with Gasteiger partial charge < -0.3 is 4.74 Å². The lowest BCUT2D eigenvalue weighted by atomic mass is 9.86. The average Bonchev–Trinajstić information content (AvgIpc) is 2.39. The predicted molar refractivity (Wildman–Crippen MR) is 80.4 cm³/mol. The first kappa shape index (κ1) is 11.7. The minimum Gasteiger partial charge on any atom is -0.373 e. The Bertz CT molecular complexity index is 561. The van der Waals surface area contributed by atoms with Gasteiger partial charge in [0.15, 0.2) is 0 Å². The number of halogens is 1. The van der Waals surface area contributed by atoms with Gasteiger partial charge in [0.25, 0.3) is 0 Å². The SMILES string of the molecule is [2H]c1c([2H])c(C(C)(C)C)c(F)c([2H])c1CN1CC(C)OC(C)C1. The summed E-state index contributed by atoms with van der Waals surface area (Å²) in [5.41, 5.74) is -0.158. The van der Waals surface area contributed by atoms with Crippen molar-refractivity contribution in [3.8, 4) is 0 Å². The molecule has 1 saturated heterocycles. The second-order valence-corrected chi connectivity index (χ2v) is 6.74. The lowest BCUT2D eigenvalue weighted by Gasteiger charge is -2.35. The van der Waals surface area contributed by atoms with Gasteiger partial charge in [0, 0.05) is 19.6 Å². The first-order valence-electron chi connectivity index (χ1n) is 8.68. The monoisotopic (exact) mass is 282 g/mol. The molecule has 20 heavy (non-hydrogen) atoms. The van der Waals surface area contributed by atoms with E-state index in [1.807, 2.05) is 13.8 Å². The molecule has 1 fully saturated rings. The van der Waals surface area contributed by atoms with Crippen molar-refractivity contribution in [2.75, 3.05) is 13.1 Å². The molecule has 2 nitrogen and oxygen atoms in total. The Morgan fingerprint density at radius 3 is 2.45 bits per heavy atom. The minimum atomic E-state index is -0.664. The standard InChI is InChI=1S/C17H26FNO/c1-12-9-19(10-13(2)20-12)11-14-6-7-15(16(18)8-14)17(3,4)5/h6-8,12-13H,9-11H2,1-5H3/i6D,7D,8D. The van der Waals surface area contributed by atoms with Crippen LogP contribution in [0.15, 0.2) is 18.1 Å². The molecule has 0 aromatic heterocycles. The van der Waals surface area contributed by atoms with Gasteiger partial charge in [0.1, 0.15) is 5.82 Å². The van der Waals surface area contributed by atoms with Crippen LogP contribution in [0.3, 0.4) is 0 Å². The van der Waals surface area contributed by atoms with Crippen molar-refractivity contribution in [2.24, 2.45) is 0 Å². The quantitative estimate of drug-likeness (QED) is 0.819. The molecule has 1 aliphatic heterocycles.